The molecule has 0 atom stereocenters. The van der Waals surface area contributed by atoms with E-state index in [-0.39, 0.29) is 0 Å². The molecule has 1 aromatic carbocycles. The van der Waals surface area contributed by atoms with Gasteiger partial charge in [-0.1, -0.05) is 35.5 Å². The van der Waals surface area contributed by atoms with E-state index in [0.717, 1.165) is 5.19 Å². The minimum absolute atomic E-state index is 0.435. The van der Waals surface area contributed by atoms with Crippen molar-refractivity contribution in [1.29, 1.82) is 0 Å². The summed E-state index contributed by atoms with van der Waals surface area (Å²) in [6.07, 6.45) is 0. The summed E-state index contributed by atoms with van der Waals surface area (Å²) in [5, 5.41) is 1.08. The number of rotatable bonds is 4. The fraction of sp³-hybridized carbons (Fsp3) is 0.273. The van der Waals surface area contributed by atoms with Crippen molar-refractivity contribution in [3.8, 4) is 0 Å². The maximum Gasteiger partial charge on any atom is 0.305 e. The van der Waals surface area contributed by atoms with Crippen LogP contribution in [0.3, 0.4) is 0 Å². The molecule has 0 bridgehead atoms. The van der Waals surface area contributed by atoms with Gasteiger partial charge in [-0.3, -0.25) is 9.59 Å². The molecule has 0 spiro atoms. The predicted octanol–water partition coefficient (Wildman–Crippen LogP) is -0.110. The summed E-state index contributed by atoms with van der Waals surface area (Å²) in [7, 11) is -0.969. The van der Waals surface area contributed by atoms with Gasteiger partial charge in [-0.05, 0) is 0 Å². The molecule has 16 heavy (non-hydrogen) atoms. The largest absolute Gasteiger partial charge is 0.430 e. The number of hydrogen-bond donors (Lipinski definition) is 0. The number of hydrogen-bond acceptors (Lipinski definition) is 4. The lowest BCUT2D eigenvalue weighted by Gasteiger charge is -2.16. The van der Waals surface area contributed by atoms with Gasteiger partial charge in [-0.2, -0.15) is 0 Å². The van der Waals surface area contributed by atoms with Crippen molar-refractivity contribution in [1.82, 2.24) is 0 Å². The Kier molecular flexibility index (Phi) is 4.72. The van der Waals surface area contributed by atoms with Crippen LogP contribution in [-0.4, -0.2) is 27.4 Å². The van der Waals surface area contributed by atoms with E-state index in [0.29, 0.717) is 0 Å². The molecule has 1 aromatic rings. The van der Waals surface area contributed by atoms with Crippen LogP contribution in [0.4, 0.5) is 0 Å². The van der Waals surface area contributed by atoms with Gasteiger partial charge in [0, 0.05) is 13.8 Å². The standard InChI is InChI=1S/C11H14O4Si/c1-8(12)14-11(15-9(2)13)16-10-6-4-3-5-7-10/h3-7,11H,16H2,1-2H3. The van der Waals surface area contributed by atoms with Crippen molar-refractivity contribution < 1.29 is 19.1 Å². The fourth-order valence-electron chi connectivity index (χ4n) is 1.28. The Labute approximate surface area is 96.4 Å². The number of carbonyl (C=O) groups is 2. The zero-order valence-electron chi connectivity index (χ0n) is 9.30. The molecule has 0 saturated carbocycles. The Morgan fingerprint density at radius 3 is 2.00 bits per heavy atom. The molecule has 0 aliphatic heterocycles. The van der Waals surface area contributed by atoms with E-state index in [1.807, 2.05) is 30.3 Å². The molecule has 4 nitrogen and oxygen atoms in total. The van der Waals surface area contributed by atoms with Gasteiger partial charge in [0.2, 0.25) is 5.91 Å². The van der Waals surface area contributed by atoms with Gasteiger partial charge in [0.05, 0.1) is 0 Å². The van der Waals surface area contributed by atoms with Gasteiger partial charge >= 0.3 is 11.9 Å². The van der Waals surface area contributed by atoms with Gasteiger partial charge in [-0.25, -0.2) is 0 Å². The summed E-state index contributed by atoms with van der Waals surface area (Å²) < 4.78 is 9.89. The average Bonchev–Trinajstić information content (AvgIpc) is 2.16. The molecule has 0 aliphatic carbocycles. The first-order chi connectivity index (χ1) is 7.58. The molecule has 0 amide bonds. The van der Waals surface area contributed by atoms with Crippen LogP contribution in [-0.2, 0) is 19.1 Å². The van der Waals surface area contributed by atoms with Crippen molar-refractivity contribution in [2.75, 3.05) is 0 Å². The van der Waals surface area contributed by atoms with E-state index < -0.39 is 27.4 Å². The first-order valence-electron chi connectivity index (χ1n) is 4.96. The lowest BCUT2D eigenvalue weighted by Crippen LogP contribution is -2.35. The summed E-state index contributed by atoms with van der Waals surface area (Å²) >= 11 is 0. The van der Waals surface area contributed by atoms with E-state index in [9.17, 15) is 9.59 Å². The van der Waals surface area contributed by atoms with Crippen LogP contribution in [0, 0.1) is 0 Å². The number of ether oxygens (including phenoxy) is 2. The molecular weight excluding hydrogens is 224 g/mol. The maximum absolute atomic E-state index is 10.8. The third-order valence-corrected chi connectivity index (χ3v) is 3.45. The summed E-state index contributed by atoms with van der Waals surface area (Å²) in [5.74, 6) is -1.58. The number of esters is 2. The van der Waals surface area contributed by atoms with E-state index in [1.165, 1.54) is 13.8 Å². The Balaban J connectivity index is 2.63. The van der Waals surface area contributed by atoms with Crippen molar-refractivity contribution in [2.24, 2.45) is 0 Å². The fourth-order valence-corrected chi connectivity index (χ4v) is 2.85. The van der Waals surface area contributed by atoms with Crippen LogP contribution in [0.5, 0.6) is 0 Å². The van der Waals surface area contributed by atoms with E-state index in [4.69, 9.17) is 9.47 Å². The average molecular weight is 238 g/mol. The second-order valence-corrected chi connectivity index (χ2v) is 5.23. The van der Waals surface area contributed by atoms with Gasteiger partial charge in [0.1, 0.15) is 0 Å². The predicted molar refractivity (Wildman–Crippen MR) is 61.9 cm³/mol. The highest BCUT2D eigenvalue weighted by molar-refractivity contribution is 6.54. The van der Waals surface area contributed by atoms with Crippen molar-refractivity contribution >= 4 is 26.6 Å². The molecule has 0 aliphatic rings. The molecular formula is C11H14O4Si. The Bertz CT molecular complexity index is 348. The zero-order chi connectivity index (χ0) is 12.0. The van der Waals surface area contributed by atoms with Gasteiger partial charge in [-0.15, -0.1) is 0 Å². The third-order valence-electron chi connectivity index (χ3n) is 1.84. The summed E-state index contributed by atoms with van der Waals surface area (Å²) in [6.45, 7) is 2.60. The molecule has 0 fully saturated rings. The molecule has 0 radical (unpaired) electrons. The number of benzene rings is 1. The zero-order valence-corrected chi connectivity index (χ0v) is 10.7. The van der Waals surface area contributed by atoms with Crippen LogP contribution in [0.25, 0.3) is 0 Å². The number of carbonyl (C=O) groups excluding carboxylic acids is 2. The van der Waals surface area contributed by atoms with Crippen LogP contribution >= 0.6 is 0 Å². The first-order valence-corrected chi connectivity index (χ1v) is 6.48. The van der Waals surface area contributed by atoms with E-state index in [1.54, 1.807) is 0 Å². The Hall–Kier alpha value is -1.62. The van der Waals surface area contributed by atoms with Gasteiger partial charge in [0.15, 0.2) is 9.52 Å². The van der Waals surface area contributed by atoms with Crippen LogP contribution < -0.4 is 5.19 Å². The van der Waals surface area contributed by atoms with E-state index >= 15 is 0 Å². The molecule has 1 rings (SSSR count). The van der Waals surface area contributed by atoms with Crippen LogP contribution in [0.2, 0.25) is 0 Å². The highest BCUT2D eigenvalue weighted by Gasteiger charge is 2.16. The first kappa shape index (κ1) is 12.4. The monoisotopic (exact) mass is 238 g/mol. The molecule has 5 heteroatoms. The minimum Gasteiger partial charge on any atom is -0.430 e. The minimum atomic E-state index is -0.969. The smallest absolute Gasteiger partial charge is 0.305 e. The second kappa shape index (κ2) is 6.07. The van der Waals surface area contributed by atoms with Crippen molar-refractivity contribution in [2.45, 2.75) is 19.8 Å². The summed E-state index contributed by atoms with van der Waals surface area (Å²) in [4.78, 5) is 21.7. The highest BCUT2D eigenvalue weighted by Crippen LogP contribution is 1.96. The van der Waals surface area contributed by atoms with Gasteiger partial charge < -0.3 is 9.47 Å². The lowest BCUT2D eigenvalue weighted by atomic mass is 10.4. The molecule has 86 valence electrons. The molecule has 0 aromatic heterocycles. The normalized spacial score (nSPS) is 10.7. The highest BCUT2D eigenvalue weighted by atomic mass is 28.2. The van der Waals surface area contributed by atoms with Crippen LogP contribution in [0.15, 0.2) is 30.3 Å². The van der Waals surface area contributed by atoms with E-state index in [2.05, 4.69) is 0 Å². The SMILES string of the molecule is CC(=O)OC(OC(C)=O)[SiH2]c1ccccc1. The summed E-state index contributed by atoms with van der Waals surface area (Å²) in [6, 6.07) is 9.59. The van der Waals surface area contributed by atoms with Crippen LogP contribution in [0.1, 0.15) is 13.8 Å². The topological polar surface area (TPSA) is 52.6 Å². The van der Waals surface area contributed by atoms with Crippen molar-refractivity contribution in [3.63, 3.8) is 0 Å². The summed E-state index contributed by atoms with van der Waals surface area (Å²) in [5.41, 5.74) is 0. The molecule has 0 heterocycles. The molecule has 0 unspecified atom stereocenters. The quantitative estimate of drug-likeness (QED) is 0.417. The van der Waals surface area contributed by atoms with Crippen molar-refractivity contribution in [3.05, 3.63) is 30.3 Å². The Morgan fingerprint density at radius 1 is 1.06 bits per heavy atom. The Morgan fingerprint density at radius 2 is 1.56 bits per heavy atom. The third kappa shape index (κ3) is 4.74. The molecule has 0 saturated heterocycles. The maximum atomic E-state index is 10.8. The second-order valence-electron chi connectivity index (χ2n) is 3.34. The van der Waals surface area contributed by atoms with Gasteiger partial charge in [0.25, 0.3) is 0 Å². The lowest BCUT2D eigenvalue weighted by molar-refractivity contribution is -0.171. The molecule has 0 N–H and O–H groups in total.